The number of nitrogens with two attached hydrogens (primary N) is 2. The average molecular weight is 801 g/mol. The summed E-state index contributed by atoms with van der Waals surface area (Å²) in [5.74, 6) is -0.341. The van der Waals surface area contributed by atoms with Gasteiger partial charge in [0.2, 0.25) is 23.2 Å². The molecule has 2 aromatic heterocycles. The van der Waals surface area contributed by atoms with E-state index >= 15 is 0 Å². The van der Waals surface area contributed by atoms with E-state index in [-0.39, 0.29) is 11.8 Å². The number of allylic oxidation sites excluding steroid dienone is 10. The molecule has 2 heterocycles. The third-order valence-electron chi connectivity index (χ3n) is 10.3. The molecule has 2 amide bonds. The van der Waals surface area contributed by atoms with Gasteiger partial charge < -0.3 is 31.1 Å². The lowest BCUT2D eigenvalue weighted by Gasteiger charge is -2.27. The van der Waals surface area contributed by atoms with E-state index in [0.717, 1.165) is 86.3 Å². The molecule has 0 saturated heterocycles. The van der Waals surface area contributed by atoms with Crippen LogP contribution in [0.2, 0.25) is 0 Å². The molecule has 2 aliphatic rings. The van der Waals surface area contributed by atoms with Crippen molar-refractivity contribution < 1.29 is 18.7 Å². The van der Waals surface area contributed by atoms with E-state index in [1.54, 1.807) is 23.9 Å². The van der Waals surface area contributed by atoms with Crippen LogP contribution >= 0.6 is 21.6 Å². The van der Waals surface area contributed by atoms with Gasteiger partial charge in [-0.15, -0.1) is 0 Å². The van der Waals surface area contributed by atoms with Crippen LogP contribution in [0.15, 0.2) is 108 Å². The number of aryl methyl sites for hydroxylation is 2. The largest absolute Gasteiger partial charge is 0.378 e. The van der Waals surface area contributed by atoms with Crippen LogP contribution in [-0.4, -0.2) is 96.5 Å². The summed E-state index contributed by atoms with van der Waals surface area (Å²) in [5, 5.41) is -1.61. The van der Waals surface area contributed by atoms with E-state index in [0.29, 0.717) is 13.1 Å². The van der Waals surface area contributed by atoms with Crippen LogP contribution in [-0.2, 0) is 22.7 Å². The van der Waals surface area contributed by atoms with Crippen molar-refractivity contribution in [2.75, 3.05) is 54.4 Å². The van der Waals surface area contributed by atoms with Crippen molar-refractivity contribution in [1.82, 2.24) is 19.6 Å². The van der Waals surface area contributed by atoms with Crippen molar-refractivity contribution in [3.63, 3.8) is 0 Å². The predicted octanol–water partition coefficient (Wildman–Crippen LogP) is 5.75. The number of nitrogens with zero attached hydrogens (tertiary/aromatic N) is 6. The number of amides is 2. The minimum absolute atomic E-state index is 0.170. The van der Waals surface area contributed by atoms with Crippen LogP contribution in [0.4, 0.5) is 0 Å². The lowest BCUT2D eigenvalue weighted by atomic mass is 10.0. The van der Waals surface area contributed by atoms with Crippen molar-refractivity contribution in [2.45, 2.75) is 76.2 Å². The Hall–Kier alpha value is -4.10. The number of rotatable bonds is 21. The van der Waals surface area contributed by atoms with Crippen molar-refractivity contribution in [3.8, 4) is 0 Å². The molecule has 0 spiro atoms. The number of aromatic nitrogens is 2. The molecule has 0 saturated carbocycles. The van der Waals surface area contributed by atoms with Gasteiger partial charge in [-0.2, -0.15) is 9.13 Å². The van der Waals surface area contributed by atoms with Crippen LogP contribution in [0.25, 0.3) is 12.2 Å². The molecule has 2 atom stereocenters. The normalized spacial score (nSPS) is 15.5. The third-order valence-corrected chi connectivity index (χ3v) is 12.9. The van der Waals surface area contributed by atoms with E-state index < -0.39 is 10.7 Å². The Morgan fingerprint density at radius 2 is 1.04 bits per heavy atom. The minimum Gasteiger partial charge on any atom is -0.378 e. The zero-order chi connectivity index (χ0) is 40.5. The van der Waals surface area contributed by atoms with Gasteiger partial charge >= 0.3 is 0 Å². The van der Waals surface area contributed by atoms with Gasteiger partial charge in [0.05, 0.1) is 0 Å². The monoisotopic (exact) mass is 800 g/mol. The molecule has 2 aromatic rings. The van der Waals surface area contributed by atoms with E-state index in [2.05, 4.69) is 144 Å². The van der Waals surface area contributed by atoms with Gasteiger partial charge in [-0.3, -0.25) is 9.59 Å². The van der Waals surface area contributed by atoms with E-state index in [1.165, 1.54) is 33.9 Å². The van der Waals surface area contributed by atoms with Gasteiger partial charge in [-0.25, -0.2) is 0 Å². The first-order chi connectivity index (χ1) is 27.0. The number of hydrogen-bond acceptors (Lipinski definition) is 8. The Balaban J connectivity index is 1.11. The smallest absolute Gasteiger partial charge is 0.250 e. The Labute approximate surface area is 343 Å². The fraction of sp³-hybridized carbons (Fsp3) is 0.455. The van der Waals surface area contributed by atoms with Gasteiger partial charge in [-0.1, -0.05) is 45.9 Å². The highest BCUT2D eigenvalue weighted by Crippen LogP contribution is 2.29. The maximum atomic E-state index is 13.0. The Kier molecular flexibility index (Phi) is 18.5. The average Bonchev–Trinajstić information content (AvgIpc) is 3.23. The number of hydrogen-bond donors (Lipinski definition) is 2. The van der Waals surface area contributed by atoms with Crippen molar-refractivity contribution in [2.24, 2.45) is 11.5 Å². The van der Waals surface area contributed by atoms with Crippen LogP contribution in [0.3, 0.4) is 0 Å². The zero-order valence-electron chi connectivity index (χ0n) is 34.3. The molecule has 4 rings (SSSR count). The second kappa shape index (κ2) is 23.2. The van der Waals surface area contributed by atoms with Gasteiger partial charge in [0.1, 0.15) is 23.8 Å². The molecule has 0 aliphatic heterocycles. The molecule has 0 bridgehead atoms. The summed E-state index contributed by atoms with van der Waals surface area (Å²) in [4.78, 5) is 33.9. The molecule has 10 nitrogen and oxygen atoms in total. The standard InChI is InChI=1S/C44H64N8O2S2/c1-7-51-33-11-9-15-39(51)27-21-35-17-23-37(24-18-35)47(3)29-13-31-49(5)43(53)41(45)55-56-42(46)44(54)50(6)32-14-30-48(4)38-25-19-36(20-26-38)22-28-40-16-10-12-34-52(40)8-2/h9-12,15-17,19,21-23,25,27-28,33-34,41-42H,7-8,13-14,18,20,24,26,29-32,45-46H2,1-6H3/q+2. The molecular weight excluding hydrogens is 737 g/mol. The highest BCUT2D eigenvalue weighted by Gasteiger charge is 2.24. The maximum Gasteiger partial charge on any atom is 0.250 e. The third kappa shape index (κ3) is 13.8. The highest BCUT2D eigenvalue weighted by molar-refractivity contribution is 8.77. The van der Waals surface area contributed by atoms with Crippen molar-refractivity contribution in [1.29, 1.82) is 0 Å². The SMILES string of the molecule is CC[n+]1ccccc1/C=C/C1=CC=C(N(C)CCCN(C)C(=O)C(N)SSC(N)C(=O)N(C)CCCN(C)C2=CC=C(/C=C/c3cccc[n+]3CC)CC2)CC1. The van der Waals surface area contributed by atoms with Gasteiger partial charge in [-0.05, 0) is 87.8 Å². The summed E-state index contributed by atoms with van der Waals surface area (Å²) >= 11 is 0. The second-order valence-electron chi connectivity index (χ2n) is 14.4. The molecule has 0 fully saturated rings. The lowest BCUT2D eigenvalue weighted by Crippen LogP contribution is -2.42. The van der Waals surface area contributed by atoms with Crippen molar-refractivity contribution >= 4 is 45.6 Å². The molecule has 12 heteroatoms. The Morgan fingerprint density at radius 3 is 1.39 bits per heavy atom. The van der Waals surface area contributed by atoms with Gasteiger partial charge in [0.15, 0.2) is 12.4 Å². The molecule has 0 aromatic carbocycles. The fourth-order valence-electron chi connectivity index (χ4n) is 6.68. The Morgan fingerprint density at radius 1 is 0.625 bits per heavy atom. The Bertz CT molecular complexity index is 1670. The summed E-state index contributed by atoms with van der Waals surface area (Å²) in [7, 11) is 10.1. The highest BCUT2D eigenvalue weighted by atomic mass is 33.1. The maximum absolute atomic E-state index is 13.0. The summed E-state index contributed by atoms with van der Waals surface area (Å²) in [6.45, 7) is 9.05. The molecule has 2 aliphatic carbocycles. The fourth-order valence-corrected chi connectivity index (χ4v) is 8.65. The zero-order valence-corrected chi connectivity index (χ0v) is 36.0. The lowest BCUT2D eigenvalue weighted by molar-refractivity contribution is -0.695. The first-order valence-electron chi connectivity index (χ1n) is 19.9. The van der Waals surface area contributed by atoms with Crippen LogP contribution in [0.5, 0.6) is 0 Å². The van der Waals surface area contributed by atoms with Crippen LogP contribution < -0.4 is 20.6 Å². The number of likely N-dealkylation sites (N-methyl/N-ethyl adjacent to an activating group) is 2. The number of carbonyl (C=O) groups is 2. The topological polar surface area (TPSA) is 107 Å². The molecule has 56 heavy (non-hydrogen) atoms. The van der Waals surface area contributed by atoms with E-state index in [1.807, 2.05) is 0 Å². The van der Waals surface area contributed by atoms with Gasteiger partial charge in [0.25, 0.3) is 0 Å². The second-order valence-corrected chi connectivity index (χ2v) is 16.9. The summed E-state index contributed by atoms with van der Waals surface area (Å²) in [6.07, 6.45) is 27.4. The first kappa shape index (κ1) is 44.6. The number of carbonyl (C=O) groups excluding carboxylic acids is 2. The van der Waals surface area contributed by atoms with Gasteiger partial charge in [0, 0.05) is 102 Å². The molecule has 4 N–H and O–H groups in total. The first-order valence-corrected chi connectivity index (χ1v) is 22.2. The number of pyridine rings is 2. The summed E-state index contributed by atoms with van der Waals surface area (Å²) in [5.41, 5.74) is 20.1. The summed E-state index contributed by atoms with van der Waals surface area (Å²) < 4.78 is 4.46. The van der Waals surface area contributed by atoms with Crippen molar-refractivity contribution in [3.05, 3.63) is 119 Å². The predicted molar refractivity (Wildman–Crippen MR) is 234 cm³/mol. The van der Waals surface area contributed by atoms with E-state index in [4.69, 9.17) is 11.5 Å². The minimum atomic E-state index is -0.805. The van der Waals surface area contributed by atoms with Crippen LogP contribution in [0.1, 0.15) is 63.8 Å². The molecule has 0 radical (unpaired) electrons. The molecular formula is C44H64N8O2S2+2. The quantitative estimate of drug-likeness (QED) is 0.0936. The van der Waals surface area contributed by atoms with Crippen LogP contribution in [0, 0.1) is 0 Å². The molecule has 2 unspecified atom stereocenters. The molecule has 302 valence electrons. The van der Waals surface area contributed by atoms with E-state index in [9.17, 15) is 9.59 Å². The summed E-state index contributed by atoms with van der Waals surface area (Å²) in [6, 6.07) is 12.5.